The van der Waals surface area contributed by atoms with Crippen LogP contribution in [0.5, 0.6) is 17.2 Å². The van der Waals surface area contributed by atoms with Crippen LogP contribution in [0.4, 0.5) is 0 Å². The lowest BCUT2D eigenvalue weighted by Crippen LogP contribution is -2.03. The Bertz CT molecular complexity index is 411. The summed E-state index contributed by atoms with van der Waals surface area (Å²) >= 11 is 0. The lowest BCUT2D eigenvalue weighted by atomic mass is 10.1. The van der Waals surface area contributed by atoms with Crippen molar-refractivity contribution in [3.8, 4) is 17.2 Å². The zero-order chi connectivity index (χ0) is 15.5. The van der Waals surface area contributed by atoms with Crippen LogP contribution in [0.2, 0.25) is 0 Å². The molecule has 0 atom stereocenters. The molecule has 0 unspecified atom stereocenters. The van der Waals surface area contributed by atoms with E-state index in [1.54, 1.807) is 0 Å². The van der Waals surface area contributed by atoms with Crippen molar-refractivity contribution in [1.29, 1.82) is 0 Å². The fourth-order valence-electron chi connectivity index (χ4n) is 2.12. The van der Waals surface area contributed by atoms with Gasteiger partial charge in [-0.3, -0.25) is 0 Å². The molecular formula is C18H28O3. The predicted molar refractivity (Wildman–Crippen MR) is 87.7 cm³/mol. The summed E-state index contributed by atoms with van der Waals surface area (Å²) in [7, 11) is 0. The molecule has 3 nitrogen and oxygen atoms in total. The quantitative estimate of drug-likeness (QED) is 0.581. The fraction of sp³-hybridized carbons (Fsp3) is 0.556. The predicted octanol–water partition coefficient (Wildman–Crippen LogP) is 4.78. The van der Waals surface area contributed by atoms with Crippen molar-refractivity contribution in [2.45, 2.75) is 47.0 Å². The number of ether oxygens (including phenoxy) is 3. The Kier molecular flexibility index (Phi) is 8.41. The summed E-state index contributed by atoms with van der Waals surface area (Å²) in [4.78, 5) is 0. The highest BCUT2D eigenvalue weighted by atomic mass is 16.5. The van der Waals surface area contributed by atoms with Crippen LogP contribution in [-0.2, 0) is 6.42 Å². The summed E-state index contributed by atoms with van der Waals surface area (Å²) < 4.78 is 17.2. The van der Waals surface area contributed by atoms with Gasteiger partial charge in [-0.15, -0.1) is 0 Å². The molecule has 0 aliphatic rings. The van der Waals surface area contributed by atoms with E-state index in [0.717, 1.165) is 30.8 Å². The molecule has 0 radical (unpaired) electrons. The molecule has 118 valence electrons. The van der Waals surface area contributed by atoms with Crippen molar-refractivity contribution in [2.75, 3.05) is 19.8 Å². The summed E-state index contributed by atoms with van der Waals surface area (Å²) in [6.45, 7) is 9.90. The molecule has 0 saturated carbocycles. The maximum Gasteiger partial charge on any atom is 0.203 e. The van der Waals surface area contributed by atoms with Gasteiger partial charge in [0.1, 0.15) is 0 Å². The van der Waals surface area contributed by atoms with Crippen molar-refractivity contribution in [1.82, 2.24) is 0 Å². The lowest BCUT2D eigenvalue weighted by molar-refractivity contribution is 0.260. The summed E-state index contributed by atoms with van der Waals surface area (Å²) in [6, 6.07) is 4.13. The number of rotatable bonds is 10. The van der Waals surface area contributed by atoms with Crippen molar-refractivity contribution in [2.24, 2.45) is 0 Å². The van der Waals surface area contributed by atoms with E-state index in [0.29, 0.717) is 25.6 Å². The second-order valence-electron chi connectivity index (χ2n) is 4.64. The van der Waals surface area contributed by atoms with Gasteiger partial charge in [0.2, 0.25) is 5.75 Å². The first-order valence-electron chi connectivity index (χ1n) is 7.96. The van der Waals surface area contributed by atoms with Crippen LogP contribution in [0.1, 0.15) is 46.1 Å². The van der Waals surface area contributed by atoms with E-state index in [9.17, 15) is 0 Å². The Morgan fingerprint density at radius 3 is 1.86 bits per heavy atom. The minimum Gasteiger partial charge on any atom is -0.490 e. The summed E-state index contributed by atoms with van der Waals surface area (Å²) in [5, 5.41) is 0. The van der Waals surface area contributed by atoms with Crippen molar-refractivity contribution in [3.63, 3.8) is 0 Å². The summed E-state index contributed by atoms with van der Waals surface area (Å²) in [5.41, 5.74) is 1.21. The second kappa shape index (κ2) is 10.1. The van der Waals surface area contributed by atoms with Crippen LogP contribution in [-0.4, -0.2) is 19.8 Å². The Balaban J connectivity index is 3.00. The van der Waals surface area contributed by atoms with E-state index in [-0.39, 0.29) is 0 Å². The molecule has 0 aliphatic carbocycles. The van der Waals surface area contributed by atoms with E-state index >= 15 is 0 Å². The molecule has 1 aromatic rings. The molecule has 1 rings (SSSR count). The molecule has 0 bridgehead atoms. The van der Waals surface area contributed by atoms with Crippen molar-refractivity contribution < 1.29 is 14.2 Å². The molecule has 0 N–H and O–H groups in total. The number of aryl methyl sites for hydroxylation is 1. The third-order valence-electron chi connectivity index (χ3n) is 2.97. The third-order valence-corrected chi connectivity index (χ3v) is 2.97. The standard InChI is InChI=1S/C18H28O3/c1-5-9-10-11-12-15-13-16(19-6-2)18(21-8-4)17(14-15)20-7-3/h9-10,13-14H,5-8,11-12H2,1-4H3. The fourth-order valence-corrected chi connectivity index (χ4v) is 2.12. The lowest BCUT2D eigenvalue weighted by Gasteiger charge is -2.17. The summed E-state index contributed by atoms with van der Waals surface area (Å²) in [6.07, 6.45) is 7.50. The van der Waals surface area contributed by atoms with Gasteiger partial charge < -0.3 is 14.2 Å². The van der Waals surface area contributed by atoms with E-state index < -0.39 is 0 Å². The van der Waals surface area contributed by atoms with Crippen LogP contribution in [0.15, 0.2) is 24.3 Å². The molecule has 0 amide bonds. The smallest absolute Gasteiger partial charge is 0.203 e. The molecule has 0 saturated heterocycles. The molecule has 21 heavy (non-hydrogen) atoms. The highest BCUT2D eigenvalue weighted by Crippen LogP contribution is 2.39. The molecule has 0 aliphatic heterocycles. The number of allylic oxidation sites excluding steroid dienone is 2. The SMILES string of the molecule is CCC=CCCc1cc(OCC)c(OCC)c(OCC)c1. The zero-order valence-corrected chi connectivity index (χ0v) is 13.8. The molecule has 0 spiro atoms. The average molecular weight is 292 g/mol. The van der Waals surface area contributed by atoms with E-state index in [4.69, 9.17) is 14.2 Å². The number of benzene rings is 1. The van der Waals surface area contributed by atoms with Crippen molar-refractivity contribution in [3.05, 3.63) is 29.8 Å². The van der Waals surface area contributed by atoms with Gasteiger partial charge in [0.15, 0.2) is 11.5 Å². The Morgan fingerprint density at radius 2 is 1.38 bits per heavy atom. The summed E-state index contributed by atoms with van der Waals surface area (Å²) in [5.74, 6) is 2.27. The Hall–Kier alpha value is -1.64. The van der Waals surface area contributed by atoms with E-state index in [1.807, 2.05) is 20.8 Å². The molecule has 1 aromatic carbocycles. The number of hydrogen-bond acceptors (Lipinski definition) is 3. The third kappa shape index (κ3) is 5.70. The van der Waals surface area contributed by atoms with Gasteiger partial charge in [-0.2, -0.15) is 0 Å². The van der Waals surface area contributed by atoms with E-state index in [2.05, 4.69) is 31.2 Å². The first kappa shape index (κ1) is 17.4. The van der Waals surface area contributed by atoms with Crippen LogP contribution in [0.25, 0.3) is 0 Å². The average Bonchev–Trinajstić information content (AvgIpc) is 2.47. The minimum absolute atomic E-state index is 0.596. The van der Waals surface area contributed by atoms with Gasteiger partial charge in [-0.1, -0.05) is 19.1 Å². The molecule has 3 heteroatoms. The second-order valence-corrected chi connectivity index (χ2v) is 4.64. The largest absolute Gasteiger partial charge is 0.490 e. The van der Waals surface area contributed by atoms with Crippen LogP contribution >= 0.6 is 0 Å². The maximum atomic E-state index is 5.72. The van der Waals surface area contributed by atoms with Gasteiger partial charge in [-0.25, -0.2) is 0 Å². The van der Waals surface area contributed by atoms with Crippen LogP contribution in [0.3, 0.4) is 0 Å². The normalized spacial score (nSPS) is 10.9. The van der Waals surface area contributed by atoms with Gasteiger partial charge in [0, 0.05) is 0 Å². The molecule has 0 aromatic heterocycles. The van der Waals surface area contributed by atoms with Gasteiger partial charge >= 0.3 is 0 Å². The Labute approximate surface area is 128 Å². The molecule has 0 fully saturated rings. The minimum atomic E-state index is 0.596. The van der Waals surface area contributed by atoms with E-state index in [1.165, 1.54) is 5.56 Å². The van der Waals surface area contributed by atoms with Gasteiger partial charge in [-0.05, 0) is 57.7 Å². The van der Waals surface area contributed by atoms with Gasteiger partial charge in [0.25, 0.3) is 0 Å². The first-order chi connectivity index (χ1) is 10.3. The molecular weight excluding hydrogens is 264 g/mol. The Morgan fingerprint density at radius 1 is 0.810 bits per heavy atom. The van der Waals surface area contributed by atoms with Gasteiger partial charge in [0.05, 0.1) is 19.8 Å². The first-order valence-corrected chi connectivity index (χ1v) is 7.96. The highest BCUT2D eigenvalue weighted by molar-refractivity contribution is 5.54. The number of hydrogen-bond donors (Lipinski definition) is 0. The molecule has 0 heterocycles. The van der Waals surface area contributed by atoms with Crippen molar-refractivity contribution >= 4 is 0 Å². The highest BCUT2D eigenvalue weighted by Gasteiger charge is 2.14. The monoisotopic (exact) mass is 292 g/mol. The van der Waals surface area contributed by atoms with Crippen LogP contribution in [0, 0.1) is 0 Å². The maximum absolute atomic E-state index is 5.72. The zero-order valence-electron chi connectivity index (χ0n) is 13.8. The van der Waals surface area contributed by atoms with Crippen LogP contribution < -0.4 is 14.2 Å². The topological polar surface area (TPSA) is 27.7 Å².